The van der Waals surface area contributed by atoms with Crippen molar-refractivity contribution in [2.45, 2.75) is 13.3 Å². The average Bonchev–Trinajstić information content (AvgIpc) is 2.85. The van der Waals surface area contributed by atoms with Crippen molar-refractivity contribution in [3.8, 4) is 11.1 Å². The third-order valence-electron chi connectivity index (χ3n) is 2.97. The van der Waals surface area contributed by atoms with Crippen molar-refractivity contribution < 1.29 is 0 Å². The molecular formula is C13H13N5. The molecule has 3 aromatic rings. The Balaban J connectivity index is 2.18. The molecule has 0 bridgehead atoms. The number of hydrogen-bond donors (Lipinski definition) is 2. The van der Waals surface area contributed by atoms with E-state index in [9.17, 15) is 0 Å². The largest absolute Gasteiger partial charge is 0.368 e. The van der Waals surface area contributed by atoms with Crippen LogP contribution >= 0.6 is 0 Å². The second-order valence-electron chi connectivity index (χ2n) is 4.11. The Kier molecular flexibility index (Phi) is 2.44. The van der Waals surface area contributed by atoms with Crippen LogP contribution in [-0.2, 0) is 6.42 Å². The molecule has 5 nitrogen and oxygen atoms in total. The van der Waals surface area contributed by atoms with Crippen molar-refractivity contribution in [1.82, 2.24) is 20.2 Å². The number of nitrogen functional groups attached to an aromatic ring is 1. The number of rotatable bonds is 2. The van der Waals surface area contributed by atoms with Crippen molar-refractivity contribution in [2.24, 2.45) is 0 Å². The molecular weight excluding hydrogens is 226 g/mol. The first-order chi connectivity index (χ1) is 8.78. The molecule has 3 N–H and O–H groups in total. The molecule has 1 aromatic carbocycles. The van der Waals surface area contributed by atoms with Crippen molar-refractivity contribution in [3.05, 3.63) is 36.3 Å². The number of aryl methyl sites for hydroxylation is 1. The van der Waals surface area contributed by atoms with Crippen LogP contribution < -0.4 is 5.73 Å². The summed E-state index contributed by atoms with van der Waals surface area (Å²) in [5.74, 6) is 0.319. The Labute approximate surface area is 104 Å². The number of H-pyrrole nitrogens is 1. The zero-order chi connectivity index (χ0) is 12.5. The summed E-state index contributed by atoms with van der Waals surface area (Å²) in [5.41, 5.74) is 9.71. The summed E-state index contributed by atoms with van der Waals surface area (Å²) in [7, 11) is 0. The van der Waals surface area contributed by atoms with Crippen molar-refractivity contribution in [3.63, 3.8) is 0 Å². The number of aromatic nitrogens is 4. The fourth-order valence-corrected chi connectivity index (χ4v) is 2.05. The lowest BCUT2D eigenvalue weighted by molar-refractivity contribution is 1.01. The molecule has 0 aliphatic carbocycles. The van der Waals surface area contributed by atoms with E-state index in [1.54, 1.807) is 6.20 Å². The van der Waals surface area contributed by atoms with Gasteiger partial charge in [0.15, 0.2) is 0 Å². The van der Waals surface area contributed by atoms with Gasteiger partial charge in [-0.1, -0.05) is 13.0 Å². The number of benzene rings is 1. The van der Waals surface area contributed by atoms with E-state index in [0.29, 0.717) is 5.95 Å². The molecule has 0 saturated heterocycles. The smallest absolute Gasteiger partial charge is 0.220 e. The number of nitrogens with zero attached hydrogens (tertiary/aromatic N) is 3. The second-order valence-corrected chi connectivity index (χ2v) is 4.11. The Hall–Kier alpha value is -2.43. The maximum atomic E-state index is 5.62. The minimum atomic E-state index is 0.319. The van der Waals surface area contributed by atoms with Crippen LogP contribution in [0.15, 0.2) is 30.6 Å². The molecule has 0 radical (unpaired) electrons. The van der Waals surface area contributed by atoms with Crippen LogP contribution in [0.25, 0.3) is 22.0 Å². The lowest BCUT2D eigenvalue weighted by atomic mass is 10.0. The van der Waals surface area contributed by atoms with Gasteiger partial charge in [0.05, 0.1) is 17.4 Å². The van der Waals surface area contributed by atoms with Gasteiger partial charge in [0.2, 0.25) is 5.95 Å². The van der Waals surface area contributed by atoms with Crippen LogP contribution in [0.4, 0.5) is 5.95 Å². The Morgan fingerprint density at radius 1 is 1.28 bits per heavy atom. The number of aromatic amines is 1. The number of nitrogens with one attached hydrogen (secondary N) is 1. The van der Waals surface area contributed by atoms with Crippen LogP contribution in [0.2, 0.25) is 0 Å². The fourth-order valence-electron chi connectivity index (χ4n) is 2.05. The first-order valence-corrected chi connectivity index (χ1v) is 5.83. The average molecular weight is 239 g/mol. The van der Waals surface area contributed by atoms with Gasteiger partial charge in [-0.2, -0.15) is 5.10 Å². The maximum Gasteiger partial charge on any atom is 0.220 e. The molecule has 5 heteroatoms. The van der Waals surface area contributed by atoms with E-state index < -0.39 is 0 Å². The predicted octanol–water partition coefficient (Wildman–Crippen LogP) is 2.16. The summed E-state index contributed by atoms with van der Waals surface area (Å²) in [6, 6.07) is 6.12. The van der Waals surface area contributed by atoms with Gasteiger partial charge in [0, 0.05) is 17.1 Å². The molecule has 0 atom stereocenters. The molecule has 2 heterocycles. The van der Waals surface area contributed by atoms with E-state index in [0.717, 1.165) is 34.1 Å². The number of anilines is 1. The van der Waals surface area contributed by atoms with Crippen LogP contribution in [0.3, 0.4) is 0 Å². The highest BCUT2D eigenvalue weighted by Gasteiger charge is 2.08. The van der Waals surface area contributed by atoms with E-state index in [-0.39, 0.29) is 0 Å². The molecule has 2 aromatic heterocycles. The van der Waals surface area contributed by atoms with Gasteiger partial charge in [-0.3, -0.25) is 5.10 Å². The topological polar surface area (TPSA) is 80.5 Å². The predicted molar refractivity (Wildman–Crippen MR) is 70.9 cm³/mol. The molecule has 18 heavy (non-hydrogen) atoms. The van der Waals surface area contributed by atoms with Crippen LogP contribution in [-0.4, -0.2) is 20.2 Å². The summed E-state index contributed by atoms with van der Waals surface area (Å²) < 4.78 is 0. The van der Waals surface area contributed by atoms with Crippen molar-refractivity contribution in [2.75, 3.05) is 5.73 Å². The minimum absolute atomic E-state index is 0.319. The summed E-state index contributed by atoms with van der Waals surface area (Å²) in [4.78, 5) is 8.35. The normalized spacial score (nSPS) is 10.9. The van der Waals surface area contributed by atoms with Gasteiger partial charge in [-0.25, -0.2) is 9.97 Å². The molecule has 0 fully saturated rings. The highest BCUT2D eigenvalue weighted by molar-refractivity contribution is 5.84. The molecule has 0 amide bonds. The van der Waals surface area contributed by atoms with Gasteiger partial charge in [0.1, 0.15) is 0 Å². The first kappa shape index (κ1) is 10.7. The molecule has 0 unspecified atom stereocenters. The van der Waals surface area contributed by atoms with E-state index in [1.807, 2.05) is 18.3 Å². The van der Waals surface area contributed by atoms with Gasteiger partial charge >= 0.3 is 0 Å². The Morgan fingerprint density at radius 2 is 2.17 bits per heavy atom. The standard InChI is InChI=1S/C13H13N5/c1-2-11-10(7-15-13(14)17-11)8-3-4-12-9(5-8)6-16-18-12/h3-7H,2H2,1H3,(H,16,18)(H2,14,15,17). The first-order valence-electron chi connectivity index (χ1n) is 5.83. The van der Waals surface area contributed by atoms with E-state index in [2.05, 4.69) is 33.2 Å². The maximum absolute atomic E-state index is 5.62. The second kappa shape index (κ2) is 4.10. The number of nitrogens with two attached hydrogens (primary N) is 1. The lowest BCUT2D eigenvalue weighted by Crippen LogP contribution is -2.00. The Bertz CT molecular complexity index is 701. The van der Waals surface area contributed by atoms with E-state index >= 15 is 0 Å². The van der Waals surface area contributed by atoms with Gasteiger partial charge in [0.25, 0.3) is 0 Å². The quantitative estimate of drug-likeness (QED) is 0.718. The SMILES string of the molecule is CCc1nc(N)ncc1-c1ccc2[nH]ncc2c1. The van der Waals surface area contributed by atoms with Crippen LogP contribution in [0.5, 0.6) is 0 Å². The van der Waals surface area contributed by atoms with Crippen LogP contribution in [0, 0.1) is 0 Å². The molecule has 3 rings (SSSR count). The van der Waals surface area contributed by atoms with Crippen LogP contribution in [0.1, 0.15) is 12.6 Å². The molecule has 0 saturated carbocycles. The summed E-state index contributed by atoms with van der Waals surface area (Å²) >= 11 is 0. The number of hydrogen-bond acceptors (Lipinski definition) is 4. The summed E-state index contributed by atoms with van der Waals surface area (Å²) in [6.07, 6.45) is 4.41. The Morgan fingerprint density at radius 3 is 3.00 bits per heavy atom. The molecule has 0 spiro atoms. The molecule has 0 aliphatic rings. The fraction of sp³-hybridized carbons (Fsp3) is 0.154. The summed E-state index contributed by atoms with van der Waals surface area (Å²) in [6.45, 7) is 2.06. The van der Waals surface area contributed by atoms with Gasteiger partial charge in [-0.15, -0.1) is 0 Å². The van der Waals surface area contributed by atoms with E-state index in [4.69, 9.17) is 5.73 Å². The zero-order valence-corrected chi connectivity index (χ0v) is 10.0. The lowest BCUT2D eigenvalue weighted by Gasteiger charge is -2.07. The van der Waals surface area contributed by atoms with Crippen molar-refractivity contribution in [1.29, 1.82) is 0 Å². The third-order valence-corrected chi connectivity index (χ3v) is 2.97. The minimum Gasteiger partial charge on any atom is -0.368 e. The molecule has 90 valence electrons. The van der Waals surface area contributed by atoms with Gasteiger partial charge in [-0.05, 0) is 24.1 Å². The highest BCUT2D eigenvalue weighted by atomic mass is 15.1. The molecule has 0 aliphatic heterocycles. The number of fused-ring (bicyclic) bond motifs is 1. The zero-order valence-electron chi connectivity index (χ0n) is 10.0. The summed E-state index contributed by atoms with van der Waals surface area (Å²) in [5, 5.41) is 8.03. The monoisotopic (exact) mass is 239 g/mol. The van der Waals surface area contributed by atoms with E-state index in [1.165, 1.54) is 0 Å². The van der Waals surface area contributed by atoms with Crippen molar-refractivity contribution >= 4 is 16.9 Å². The highest BCUT2D eigenvalue weighted by Crippen LogP contribution is 2.25. The third kappa shape index (κ3) is 1.69. The van der Waals surface area contributed by atoms with Gasteiger partial charge < -0.3 is 5.73 Å².